The summed E-state index contributed by atoms with van der Waals surface area (Å²) in [4.78, 5) is 0. The van der Waals surface area contributed by atoms with Crippen molar-refractivity contribution in [2.75, 3.05) is 7.11 Å². The summed E-state index contributed by atoms with van der Waals surface area (Å²) in [5.41, 5.74) is 0. The van der Waals surface area contributed by atoms with Gasteiger partial charge in [0, 0.05) is 0 Å². The molecule has 0 heterocycles. The van der Waals surface area contributed by atoms with Gasteiger partial charge in [0.05, 0.1) is 7.11 Å². The molecule has 2 heteroatoms. The molecule has 0 fully saturated rings. The second kappa shape index (κ2) is 4.49. The molecule has 0 bridgehead atoms. The molecule has 0 amide bonds. The van der Waals surface area contributed by atoms with Gasteiger partial charge in [-0.2, -0.15) is 0 Å². The summed E-state index contributed by atoms with van der Waals surface area (Å²) in [6.45, 7) is 0. The van der Waals surface area contributed by atoms with Crippen molar-refractivity contribution in [1.82, 2.24) is 0 Å². The molecule has 0 aliphatic heterocycles. The van der Waals surface area contributed by atoms with E-state index in [1.165, 1.54) is 0 Å². The van der Waals surface area contributed by atoms with Crippen molar-refractivity contribution in [3.05, 3.63) is 30.3 Å². The molecule has 0 saturated carbocycles. The van der Waals surface area contributed by atoms with E-state index in [-0.39, 0.29) is 18.9 Å². The molecule has 44 valence electrons. The maximum atomic E-state index is 4.91. The molecule has 1 aromatic carbocycles. The van der Waals surface area contributed by atoms with Crippen LogP contribution in [0.5, 0.6) is 5.75 Å². The molecule has 0 saturated heterocycles. The van der Waals surface area contributed by atoms with E-state index in [4.69, 9.17) is 4.74 Å². The van der Waals surface area contributed by atoms with E-state index in [9.17, 15) is 0 Å². The third-order valence-electron chi connectivity index (χ3n) is 0.979. The van der Waals surface area contributed by atoms with Gasteiger partial charge in [-0.05, 0) is 12.1 Å². The molecule has 0 N–H and O–H groups in total. The standard InChI is InChI=1S/C7H8O.Li.H/c1-8-7-5-3-2-4-6-7;;/h2-6H,1H3;;. The minimum absolute atomic E-state index is 0. The Kier molecular flexibility index (Phi) is 4.30. The third kappa shape index (κ3) is 2.60. The van der Waals surface area contributed by atoms with Crippen molar-refractivity contribution in [2.24, 2.45) is 0 Å². The summed E-state index contributed by atoms with van der Waals surface area (Å²) >= 11 is 0. The summed E-state index contributed by atoms with van der Waals surface area (Å²) in [6, 6.07) is 9.68. The zero-order valence-electron chi connectivity index (χ0n) is 4.79. The van der Waals surface area contributed by atoms with Gasteiger partial charge in [-0.15, -0.1) is 0 Å². The normalized spacial score (nSPS) is 7.67. The van der Waals surface area contributed by atoms with Crippen molar-refractivity contribution < 1.29 is 4.74 Å². The van der Waals surface area contributed by atoms with Crippen molar-refractivity contribution in [1.29, 1.82) is 0 Å². The first-order valence-corrected chi connectivity index (χ1v) is 2.52. The number of para-hydroxylation sites is 1. The monoisotopic (exact) mass is 116 g/mol. The zero-order valence-corrected chi connectivity index (χ0v) is 4.79. The fourth-order valence-electron chi connectivity index (χ4n) is 0.557. The van der Waals surface area contributed by atoms with Gasteiger partial charge in [0.25, 0.3) is 0 Å². The molecule has 0 aromatic heterocycles. The van der Waals surface area contributed by atoms with Gasteiger partial charge in [0.2, 0.25) is 0 Å². The van der Waals surface area contributed by atoms with E-state index < -0.39 is 0 Å². The summed E-state index contributed by atoms with van der Waals surface area (Å²) in [7, 11) is 1.66. The molecular formula is C7H9LiO. The molecule has 1 nitrogen and oxygen atoms in total. The molecule has 0 aliphatic carbocycles. The number of hydrogen-bond acceptors (Lipinski definition) is 1. The van der Waals surface area contributed by atoms with Crippen LogP contribution in [0.4, 0.5) is 0 Å². The quantitative estimate of drug-likeness (QED) is 0.498. The first kappa shape index (κ1) is 8.62. The number of methoxy groups -OCH3 is 1. The van der Waals surface area contributed by atoms with Gasteiger partial charge in [-0.25, -0.2) is 0 Å². The molecule has 1 rings (SSSR count). The van der Waals surface area contributed by atoms with Crippen LogP contribution in [0.15, 0.2) is 30.3 Å². The van der Waals surface area contributed by atoms with Gasteiger partial charge >= 0.3 is 18.9 Å². The molecule has 0 radical (unpaired) electrons. The molecular weight excluding hydrogens is 107 g/mol. The first-order chi connectivity index (χ1) is 3.93. The third-order valence-corrected chi connectivity index (χ3v) is 0.979. The summed E-state index contributed by atoms with van der Waals surface area (Å²) in [6.07, 6.45) is 0. The molecule has 0 atom stereocenters. The fourth-order valence-corrected chi connectivity index (χ4v) is 0.557. The van der Waals surface area contributed by atoms with Crippen LogP contribution in [0, 0.1) is 0 Å². The van der Waals surface area contributed by atoms with E-state index in [2.05, 4.69) is 0 Å². The molecule has 1 aromatic rings. The molecule has 0 spiro atoms. The second-order valence-corrected chi connectivity index (χ2v) is 1.52. The van der Waals surface area contributed by atoms with Crippen LogP contribution in [0.1, 0.15) is 0 Å². The second-order valence-electron chi connectivity index (χ2n) is 1.52. The van der Waals surface area contributed by atoms with Gasteiger partial charge in [-0.3, -0.25) is 0 Å². The van der Waals surface area contributed by atoms with Gasteiger partial charge in [-0.1, -0.05) is 18.2 Å². The van der Waals surface area contributed by atoms with Crippen molar-refractivity contribution in [3.8, 4) is 5.75 Å². The van der Waals surface area contributed by atoms with Crippen LogP contribution in [0.3, 0.4) is 0 Å². The SMILES string of the molecule is COc1ccccc1.[LiH]. The van der Waals surface area contributed by atoms with E-state index >= 15 is 0 Å². The number of hydrogen-bond donors (Lipinski definition) is 0. The van der Waals surface area contributed by atoms with Crippen molar-refractivity contribution >= 4 is 18.9 Å². The van der Waals surface area contributed by atoms with Crippen LogP contribution in [0.2, 0.25) is 0 Å². The Hall–Kier alpha value is -0.383. The Morgan fingerprint density at radius 3 is 2.00 bits per heavy atom. The minimum atomic E-state index is 0. The van der Waals surface area contributed by atoms with Crippen LogP contribution in [-0.2, 0) is 0 Å². The van der Waals surface area contributed by atoms with Crippen molar-refractivity contribution in [3.63, 3.8) is 0 Å². The predicted octanol–water partition coefficient (Wildman–Crippen LogP) is 1.05. The number of rotatable bonds is 1. The van der Waals surface area contributed by atoms with Gasteiger partial charge in [0.1, 0.15) is 5.75 Å². The molecule has 0 aliphatic rings. The van der Waals surface area contributed by atoms with E-state index in [0.29, 0.717) is 0 Å². The average molecular weight is 116 g/mol. The van der Waals surface area contributed by atoms with Crippen LogP contribution < -0.4 is 4.74 Å². The van der Waals surface area contributed by atoms with Crippen molar-refractivity contribution in [2.45, 2.75) is 0 Å². The summed E-state index contributed by atoms with van der Waals surface area (Å²) < 4.78 is 4.91. The Bertz CT molecular complexity index is 150. The van der Waals surface area contributed by atoms with E-state index in [1.807, 2.05) is 30.3 Å². The topological polar surface area (TPSA) is 9.23 Å². The van der Waals surface area contributed by atoms with Crippen LogP contribution in [0.25, 0.3) is 0 Å². The van der Waals surface area contributed by atoms with E-state index in [0.717, 1.165) is 5.75 Å². The first-order valence-electron chi connectivity index (χ1n) is 2.52. The maximum absolute atomic E-state index is 4.91. The Morgan fingerprint density at radius 1 is 1.11 bits per heavy atom. The number of ether oxygens (including phenoxy) is 1. The Labute approximate surface area is 67.2 Å². The fraction of sp³-hybridized carbons (Fsp3) is 0.143. The zero-order chi connectivity index (χ0) is 5.82. The Morgan fingerprint density at radius 2 is 1.67 bits per heavy atom. The molecule has 9 heavy (non-hydrogen) atoms. The molecule has 0 unspecified atom stereocenters. The Balaban J connectivity index is 0.000000640. The van der Waals surface area contributed by atoms with Crippen LogP contribution >= 0.6 is 0 Å². The summed E-state index contributed by atoms with van der Waals surface area (Å²) in [5, 5.41) is 0. The summed E-state index contributed by atoms with van der Waals surface area (Å²) in [5.74, 6) is 0.910. The van der Waals surface area contributed by atoms with Gasteiger partial charge in [0.15, 0.2) is 0 Å². The number of benzene rings is 1. The van der Waals surface area contributed by atoms with E-state index in [1.54, 1.807) is 7.11 Å². The van der Waals surface area contributed by atoms with Gasteiger partial charge < -0.3 is 4.74 Å². The predicted molar refractivity (Wildman–Crippen MR) is 40.1 cm³/mol. The van der Waals surface area contributed by atoms with Crippen LogP contribution in [-0.4, -0.2) is 26.0 Å². The average Bonchev–Trinajstić information content (AvgIpc) is 1.90.